The molecule has 0 aliphatic carbocycles. The third kappa shape index (κ3) is 24.6. The Morgan fingerprint density at radius 3 is 2.08 bits per heavy atom. The van der Waals surface area contributed by atoms with Gasteiger partial charge in [-0.1, -0.05) is 6.58 Å². The summed E-state index contributed by atoms with van der Waals surface area (Å²) >= 11 is 0. The second-order valence-corrected chi connectivity index (χ2v) is 2.89. The summed E-state index contributed by atoms with van der Waals surface area (Å²) in [5.74, 6) is -0.981. The van der Waals surface area contributed by atoms with Gasteiger partial charge < -0.3 is 20.6 Å². The van der Waals surface area contributed by atoms with Crippen molar-refractivity contribution >= 4 is 13.8 Å². The minimum Gasteiger partial charge on any atom is -0.478 e. The molecule has 0 atom stereocenters. The number of hydrogen-bond acceptors (Lipinski definition) is 4. The van der Waals surface area contributed by atoms with Crippen LogP contribution in [-0.4, -0.2) is 34.0 Å². The molecule has 0 fully saturated rings. The van der Waals surface area contributed by atoms with Gasteiger partial charge in [0, 0.05) is 12.6 Å². The highest BCUT2D eigenvalue weighted by atomic mass is 31.2. The van der Waals surface area contributed by atoms with Crippen LogP contribution in [-0.2, 0) is 13.9 Å². The number of carbonyl (C=O) groups is 1. The van der Waals surface area contributed by atoms with E-state index in [0.717, 1.165) is 6.08 Å². The fourth-order valence-electron chi connectivity index (χ4n) is 0.172. The lowest BCUT2D eigenvalue weighted by Gasteiger charge is -2.00. The third-order valence-corrected chi connectivity index (χ3v) is 1.07. The van der Waals surface area contributed by atoms with Gasteiger partial charge in [-0.25, -0.2) is 9.36 Å². The fraction of sp³-hybridized carbons (Fsp3) is 0.400. The summed E-state index contributed by atoms with van der Waals surface area (Å²) in [5, 5.41) is 7.60. The van der Waals surface area contributed by atoms with Crippen LogP contribution >= 0.6 is 7.82 Å². The zero-order valence-corrected chi connectivity index (χ0v) is 7.68. The van der Waals surface area contributed by atoms with Crippen LogP contribution in [0.15, 0.2) is 12.7 Å². The number of phosphoric ester groups is 1. The van der Waals surface area contributed by atoms with Gasteiger partial charge in [0.25, 0.3) is 0 Å². The molecule has 0 aliphatic heterocycles. The molecule has 7 nitrogen and oxygen atoms in total. The summed E-state index contributed by atoms with van der Waals surface area (Å²) < 4.78 is 13.7. The van der Waals surface area contributed by atoms with Crippen LogP contribution in [0, 0.1) is 0 Å². The molecule has 13 heavy (non-hydrogen) atoms. The molecule has 0 bridgehead atoms. The summed E-state index contributed by atoms with van der Waals surface area (Å²) in [7, 11) is -4.26. The molecule has 8 heteroatoms. The van der Waals surface area contributed by atoms with Gasteiger partial charge >= 0.3 is 13.8 Å². The molecule has 0 unspecified atom stereocenters. The lowest BCUT2D eigenvalue weighted by molar-refractivity contribution is -0.131. The van der Waals surface area contributed by atoms with E-state index in [2.05, 4.69) is 11.1 Å². The van der Waals surface area contributed by atoms with Crippen LogP contribution in [0.4, 0.5) is 0 Å². The molecule has 5 N–H and O–H groups in total. The Morgan fingerprint density at radius 1 is 1.62 bits per heavy atom. The van der Waals surface area contributed by atoms with Crippen LogP contribution in [0.1, 0.15) is 0 Å². The number of hydrogen-bond donors (Lipinski definition) is 4. The first-order chi connectivity index (χ1) is 5.83. The highest BCUT2D eigenvalue weighted by Gasteiger charge is 2.11. The second kappa shape index (κ2) is 7.90. The summed E-state index contributed by atoms with van der Waals surface area (Å²) in [5.41, 5.74) is 4.87. The van der Waals surface area contributed by atoms with Gasteiger partial charge in [-0.2, -0.15) is 0 Å². The normalized spacial score (nSPS) is 9.77. The van der Waals surface area contributed by atoms with Crippen molar-refractivity contribution in [3.8, 4) is 0 Å². The summed E-state index contributed by atoms with van der Waals surface area (Å²) in [6, 6.07) is 0. The number of phosphoric acid groups is 1. The number of aliphatic carboxylic acids is 1. The first-order valence-electron chi connectivity index (χ1n) is 3.09. The van der Waals surface area contributed by atoms with E-state index in [1.807, 2.05) is 0 Å². The molecule has 0 heterocycles. The lowest BCUT2D eigenvalue weighted by Crippen LogP contribution is -2.06. The molecule has 0 aliphatic rings. The van der Waals surface area contributed by atoms with Gasteiger partial charge in [-0.3, -0.25) is 4.52 Å². The highest BCUT2D eigenvalue weighted by molar-refractivity contribution is 7.46. The Labute approximate surface area is 75.1 Å². The Kier molecular flexibility index (Phi) is 8.99. The van der Waals surface area contributed by atoms with Crippen molar-refractivity contribution in [2.24, 2.45) is 5.73 Å². The van der Waals surface area contributed by atoms with Gasteiger partial charge in [0.15, 0.2) is 0 Å². The van der Waals surface area contributed by atoms with Crippen LogP contribution in [0.25, 0.3) is 0 Å². The van der Waals surface area contributed by atoms with E-state index in [0.29, 0.717) is 0 Å². The molecule has 0 aromatic carbocycles. The van der Waals surface area contributed by atoms with E-state index in [1.54, 1.807) is 0 Å². The summed E-state index contributed by atoms with van der Waals surface area (Å²) in [4.78, 5) is 25.2. The van der Waals surface area contributed by atoms with Crippen molar-refractivity contribution in [2.45, 2.75) is 0 Å². The van der Waals surface area contributed by atoms with Crippen molar-refractivity contribution in [2.75, 3.05) is 13.2 Å². The molecule has 78 valence electrons. The van der Waals surface area contributed by atoms with Gasteiger partial charge in [-0.15, -0.1) is 0 Å². The van der Waals surface area contributed by atoms with Gasteiger partial charge in [0.2, 0.25) is 0 Å². The summed E-state index contributed by atoms with van der Waals surface area (Å²) in [6.45, 7) is 2.97. The topological polar surface area (TPSA) is 130 Å². The maximum atomic E-state index is 9.81. The smallest absolute Gasteiger partial charge is 0.469 e. The maximum absolute atomic E-state index is 9.81. The molecular formula is C5H12NO6P. The summed E-state index contributed by atoms with van der Waals surface area (Å²) in [6.07, 6.45) is 0.833. The first-order valence-corrected chi connectivity index (χ1v) is 4.62. The zero-order chi connectivity index (χ0) is 10.9. The zero-order valence-electron chi connectivity index (χ0n) is 6.79. The van der Waals surface area contributed by atoms with Crippen molar-refractivity contribution in [3.05, 3.63) is 12.7 Å². The monoisotopic (exact) mass is 213 g/mol. The number of carboxylic acids is 1. The van der Waals surface area contributed by atoms with Crippen LogP contribution in [0.3, 0.4) is 0 Å². The van der Waals surface area contributed by atoms with E-state index in [-0.39, 0.29) is 13.2 Å². The molecule has 0 radical (unpaired) electrons. The van der Waals surface area contributed by atoms with E-state index >= 15 is 0 Å². The third-order valence-electron chi connectivity index (χ3n) is 0.552. The number of rotatable bonds is 4. The molecular weight excluding hydrogens is 201 g/mol. The Morgan fingerprint density at radius 2 is 2.00 bits per heavy atom. The maximum Gasteiger partial charge on any atom is 0.469 e. The van der Waals surface area contributed by atoms with Crippen LogP contribution < -0.4 is 5.73 Å². The second-order valence-electron chi connectivity index (χ2n) is 1.65. The van der Waals surface area contributed by atoms with Crippen LogP contribution in [0.2, 0.25) is 0 Å². The molecule has 0 spiro atoms. The molecule has 0 saturated heterocycles. The predicted molar refractivity (Wildman–Crippen MR) is 44.9 cm³/mol. The molecule has 0 saturated carbocycles. The number of carboxylic acid groups (broad SMARTS) is 1. The minimum absolute atomic E-state index is 0.107. The largest absolute Gasteiger partial charge is 0.478 e. The lowest BCUT2D eigenvalue weighted by atomic mass is 10.7. The van der Waals surface area contributed by atoms with Crippen molar-refractivity contribution in [1.29, 1.82) is 0 Å². The average molecular weight is 213 g/mol. The van der Waals surface area contributed by atoms with Gasteiger partial charge in [-0.05, 0) is 0 Å². The van der Waals surface area contributed by atoms with Gasteiger partial charge in [0.05, 0.1) is 6.61 Å². The van der Waals surface area contributed by atoms with Gasteiger partial charge in [0.1, 0.15) is 0 Å². The highest BCUT2D eigenvalue weighted by Crippen LogP contribution is 2.34. The van der Waals surface area contributed by atoms with E-state index in [4.69, 9.17) is 20.6 Å². The van der Waals surface area contributed by atoms with E-state index < -0.39 is 13.8 Å². The molecule has 0 rings (SSSR count). The van der Waals surface area contributed by atoms with Crippen LogP contribution in [0.5, 0.6) is 0 Å². The number of nitrogens with two attached hydrogens (primary N) is 1. The predicted octanol–water partition coefficient (Wildman–Crippen LogP) is -0.689. The fourth-order valence-corrected chi connectivity index (χ4v) is 0.515. The Bertz CT molecular complexity index is 199. The van der Waals surface area contributed by atoms with E-state index in [9.17, 15) is 9.36 Å². The SMILES string of the molecule is C=CC(=O)O.NCCOP(=O)(O)O. The molecule has 0 aromatic heterocycles. The van der Waals surface area contributed by atoms with E-state index in [1.165, 1.54) is 0 Å². The average Bonchev–Trinajstić information content (AvgIpc) is 2.00. The quantitative estimate of drug-likeness (QED) is 0.359. The first kappa shape index (κ1) is 14.8. The van der Waals surface area contributed by atoms with Crippen molar-refractivity contribution < 1.29 is 28.8 Å². The molecule has 0 amide bonds. The Hall–Kier alpha value is -0.720. The van der Waals surface area contributed by atoms with Crippen molar-refractivity contribution in [1.82, 2.24) is 0 Å². The standard InChI is InChI=1S/C3H4O2.C2H8NO4P/c1-2-3(4)5;3-1-2-7-8(4,5)6/h2H,1H2,(H,4,5);1-3H2,(H2,4,5,6). The van der Waals surface area contributed by atoms with Crippen molar-refractivity contribution in [3.63, 3.8) is 0 Å². The molecule has 0 aromatic rings. The minimum atomic E-state index is -4.26. The Balaban J connectivity index is 0.